The molecule has 6 heteroatoms. The summed E-state index contributed by atoms with van der Waals surface area (Å²) in [5, 5.41) is 12.1. The van der Waals surface area contributed by atoms with E-state index in [1.807, 2.05) is 31.4 Å². The van der Waals surface area contributed by atoms with Crippen molar-refractivity contribution in [1.29, 1.82) is 0 Å². The second-order valence-electron chi connectivity index (χ2n) is 7.85. The van der Waals surface area contributed by atoms with Gasteiger partial charge in [0.1, 0.15) is 5.82 Å². The van der Waals surface area contributed by atoms with Crippen molar-refractivity contribution in [2.24, 2.45) is 10.4 Å². The molecule has 1 N–H and O–H groups in total. The van der Waals surface area contributed by atoms with E-state index in [0.29, 0.717) is 5.41 Å². The molecule has 2 aromatic heterocycles. The molecular formula is C20H30N6. The van der Waals surface area contributed by atoms with Gasteiger partial charge in [0.2, 0.25) is 0 Å². The Morgan fingerprint density at radius 2 is 2.08 bits per heavy atom. The van der Waals surface area contributed by atoms with Crippen molar-refractivity contribution in [3.8, 4) is 0 Å². The molecule has 2 aromatic rings. The summed E-state index contributed by atoms with van der Waals surface area (Å²) in [5.41, 5.74) is 1.48. The van der Waals surface area contributed by atoms with E-state index in [0.717, 1.165) is 43.4 Å². The molecule has 1 aliphatic carbocycles. The highest BCUT2D eigenvalue weighted by molar-refractivity contribution is 5.80. The van der Waals surface area contributed by atoms with Gasteiger partial charge in [0, 0.05) is 39.3 Å². The molecule has 0 radical (unpaired) electrons. The van der Waals surface area contributed by atoms with Gasteiger partial charge in [-0.05, 0) is 43.2 Å². The Kier molecular flexibility index (Phi) is 5.09. The zero-order valence-corrected chi connectivity index (χ0v) is 15.8. The molecule has 6 nitrogen and oxygen atoms in total. The highest BCUT2D eigenvalue weighted by Gasteiger charge is 2.39. The summed E-state index contributed by atoms with van der Waals surface area (Å²) in [6.45, 7) is 3.24. The Bertz CT molecular complexity index is 759. The summed E-state index contributed by atoms with van der Waals surface area (Å²) in [4.78, 5) is 7.00. The van der Waals surface area contributed by atoms with Crippen LogP contribution in [0.4, 0.5) is 0 Å². The number of rotatable bonds is 4. The predicted octanol–water partition coefficient (Wildman–Crippen LogP) is 2.89. The molecule has 26 heavy (non-hydrogen) atoms. The minimum absolute atomic E-state index is 0.566. The number of nitrogens with zero attached hydrogens (tertiary/aromatic N) is 5. The van der Waals surface area contributed by atoms with Crippen LogP contribution in [0.15, 0.2) is 29.4 Å². The first-order valence-electron chi connectivity index (χ1n) is 10.0. The van der Waals surface area contributed by atoms with Crippen LogP contribution in [0.3, 0.4) is 0 Å². The summed E-state index contributed by atoms with van der Waals surface area (Å²) in [6.07, 6.45) is 12.3. The lowest BCUT2D eigenvalue weighted by Gasteiger charge is -2.33. The van der Waals surface area contributed by atoms with Gasteiger partial charge in [-0.3, -0.25) is 9.39 Å². The maximum absolute atomic E-state index is 4.53. The van der Waals surface area contributed by atoms with Crippen molar-refractivity contribution in [2.75, 3.05) is 26.7 Å². The van der Waals surface area contributed by atoms with Crippen LogP contribution in [-0.2, 0) is 6.42 Å². The van der Waals surface area contributed by atoms with Crippen LogP contribution in [0.25, 0.3) is 5.65 Å². The fourth-order valence-corrected chi connectivity index (χ4v) is 4.67. The number of guanidine groups is 1. The van der Waals surface area contributed by atoms with E-state index < -0.39 is 0 Å². The van der Waals surface area contributed by atoms with Gasteiger partial charge in [0.05, 0.1) is 0 Å². The molecule has 0 atom stereocenters. The Balaban J connectivity index is 1.27. The Morgan fingerprint density at radius 1 is 1.19 bits per heavy atom. The van der Waals surface area contributed by atoms with Crippen molar-refractivity contribution in [2.45, 2.75) is 51.4 Å². The molecule has 140 valence electrons. The fraction of sp³-hybridized carbons (Fsp3) is 0.650. The highest BCUT2D eigenvalue weighted by atomic mass is 15.3. The summed E-state index contributed by atoms with van der Waals surface area (Å²) in [7, 11) is 1.90. The lowest BCUT2D eigenvalue weighted by atomic mass is 9.73. The van der Waals surface area contributed by atoms with Gasteiger partial charge < -0.3 is 10.2 Å². The SMILES string of the molecule is CN=C(NCCCc1nnc2ccccn12)N1CCC2(CCCCC2)C1. The molecule has 0 unspecified atom stereocenters. The number of pyridine rings is 1. The topological polar surface area (TPSA) is 57.8 Å². The first-order chi connectivity index (χ1) is 12.8. The van der Waals surface area contributed by atoms with Crippen LogP contribution in [0.2, 0.25) is 0 Å². The number of nitrogens with one attached hydrogen (secondary N) is 1. The quantitative estimate of drug-likeness (QED) is 0.521. The summed E-state index contributed by atoms with van der Waals surface area (Å²) in [6, 6.07) is 6.01. The van der Waals surface area contributed by atoms with Gasteiger partial charge in [-0.1, -0.05) is 25.3 Å². The molecule has 1 aliphatic heterocycles. The Morgan fingerprint density at radius 3 is 2.92 bits per heavy atom. The second-order valence-corrected chi connectivity index (χ2v) is 7.85. The smallest absolute Gasteiger partial charge is 0.193 e. The Hall–Kier alpha value is -2.11. The Labute approximate surface area is 155 Å². The van der Waals surface area contributed by atoms with E-state index in [4.69, 9.17) is 0 Å². The third kappa shape index (κ3) is 3.55. The average Bonchev–Trinajstić information content (AvgIpc) is 3.27. The maximum Gasteiger partial charge on any atom is 0.193 e. The molecule has 2 fully saturated rings. The van der Waals surface area contributed by atoms with Crippen LogP contribution >= 0.6 is 0 Å². The van der Waals surface area contributed by atoms with Crippen LogP contribution in [-0.4, -0.2) is 52.1 Å². The van der Waals surface area contributed by atoms with Crippen molar-refractivity contribution >= 4 is 11.6 Å². The van der Waals surface area contributed by atoms with E-state index in [1.54, 1.807) is 0 Å². The van der Waals surface area contributed by atoms with Crippen LogP contribution in [0, 0.1) is 5.41 Å². The summed E-state index contributed by atoms with van der Waals surface area (Å²) >= 11 is 0. The third-order valence-electron chi connectivity index (χ3n) is 6.11. The minimum Gasteiger partial charge on any atom is -0.356 e. The third-order valence-corrected chi connectivity index (χ3v) is 6.11. The van der Waals surface area contributed by atoms with Gasteiger partial charge in [0.25, 0.3) is 0 Å². The number of fused-ring (bicyclic) bond motifs is 1. The molecule has 0 bridgehead atoms. The minimum atomic E-state index is 0.566. The van der Waals surface area contributed by atoms with Gasteiger partial charge in [-0.25, -0.2) is 0 Å². The molecule has 4 rings (SSSR count). The van der Waals surface area contributed by atoms with Crippen LogP contribution < -0.4 is 5.32 Å². The molecule has 1 saturated heterocycles. The van der Waals surface area contributed by atoms with Crippen molar-refractivity contribution < 1.29 is 0 Å². The zero-order chi connectivity index (χ0) is 17.8. The number of aliphatic imine (C=N–C) groups is 1. The van der Waals surface area contributed by atoms with E-state index in [1.165, 1.54) is 45.1 Å². The number of hydrogen-bond donors (Lipinski definition) is 1. The van der Waals surface area contributed by atoms with Crippen molar-refractivity contribution in [1.82, 2.24) is 24.8 Å². The van der Waals surface area contributed by atoms with Gasteiger partial charge >= 0.3 is 0 Å². The molecule has 1 spiro atoms. The maximum atomic E-state index is 4.53. The first kappa shape index (κ1) is 17.3. The molecule has 3 heterocycles. The number of likely N-dealkylation sites (tertiary alicyclic amines) is 1. The monoisotopic (exact) mass is 354 g/mol. The van der Waals surface area contributed by atoms with Gasteiger partial charge in [-0.2, -0.15) is 0 Å². The lowest BCUT2D eigenvalue weighted by Crippen LogP contribution is -2.42. The van der Waals surface area contributed by atoms with Gasteiger partial charge in [0.15, 0.2) is 11.6 Å². The average molecular weight is 355 g/mol. The normalized spacial score (nSPS) is 20.2. The number of aryl methyl sites for hydroxylation is 1. The zero-order valence-electron chi connectivity index (χ0n) is 15.8. The molecule has 2 aliphatic rings. The van der Waals surface area contributed by atoms with E-state index >= 15 is 0 Å². The lowest BCUT2D eigenvalue weighted by molar-refractivity contribution is 0.203. The first-order valence-corrected chi connectivity index (χ1v) is 10.0. The molecule has 0 aromatic carbocycles. The summed E-state index contributed by atoms with van der Waals surface area (Å²) in [5.74, 6) is 2.10. The number of aromatic nitrogens is 3. The standard InChI is InChI=1S/C20H30N6/c1-21-19(25-15-12-20(16-25)10-4-2-5-11-20)22-13-7-9-18-24-23-17-8-3-6-14-26(17)18/h3,6,8,14H,2,4-5,7,9-13,15-16H2,1H3,(H,21,22). The van der Waals surface area contributed by atoms with Crippen molar-refractivity contribution in [3.63, 3.8) is 0 Å². The van der Waals surface area contributed by atoms with Crippen LogP contribution in [0.1, 0.15) is 50.8 Å². The van der Waals surface area contributed by atoms with E-state index in [9.17, 15) is 0 Å². The van der Waals surface area contributed by atoms with E-state index in [-0.39, 0.29) is 0 Å². The van der Waals surface area contributed by atoms with E-state index in [2.05, 4.69) is 29.8 Å². The summed E-state index contributed by atoms with van der Waals surface area (Å²) < 4.78 is 2.07. The van der Waals surface area contributed by atoms with Gasteiger partial charge in [-0.15, -0.1) is 10.2 Å². The van der Waals surface area contributed by atoms with Crippen LogP contribution in [0.5, 0.6) is 0 Å². The predicted molar refractivity (Wildman–Crippen MR) is 104 cm³/mol. The second kappa shape index (κ2) is 7.64. The number of hydrogen-bond acceptors (Lipinski definition) is 3. The fourth-order valence-electron chi connectivity index (χ4n) is 4.67. The van der Waals surface area contributed by atoms with Crippen molar-refractivity contribution in [3.05, 3.63) is 30.2 Å². The largest absolute Gasteiger partial charge is 0.356 e. The molecular weight excluding hydrogens is 324 g/mol. The highest BCUT2D eigenvalue weighted by Crippen LogP contribution is 2.43. The molecule has 0 amide bonds. The molecule has 1 saturated carbocycles.